The number of carbonyl (C=O) groups is 1. The number of allylic oxidation sites excluding steroid dienone is 2. The quantitative estimate of drug-likeness (QED) is 0.0216. The lowest BCUT2D eigenvalue weighted by molar-refractivity contribution is -0.298. The van der Waals surface area contributed by atoms with Gasteiger partial charge in [0.25, 0.3) is 0 Å². The summed E-state index contributed by atoms with van der Waals surface area (Å²) in [6.45, 7) is 3.39. The van der Waals surface area contributed by atoms with Gasteiger partial charge in [-0.25, -0.2) is 4.18 Å². The van der Waals surface area contributed by atoms with Gasteiger partial charge in [-0.2, -0.15) is 8.42 Å². The normalized spacial score (nSPS) is 22.0. The molecule has 1 saturated heterocycles. The van der Waals surface area contributed by atoms with Crippen LogP contribution in [0.3, 0.4) is 0 Å². The number of hydrogen-bond donors (Lipinski definition) is 6. The standard InChI is InChI=1S/C40H77NO11S/c1-3-5-7-9-11-13-14-15-16-17-18-19-20-22-24-26-28-30-36(44)41-33(34(43)29-27-25-23-21-12-10-8-6-4-2)32-50-40-38(46)39(52-53(47,48)49)37(45)35(31-42)51-40/h15-16,33-35,37-40,42-43,45-46H,3-14,17-32H2,1-2H3,(H,41,44)(H,47,48,49)/b16-15-. The Morgan fingerprint density at radius 1 is 0.736 bits per heavy atom. The smallest absolute Gasteiger partial charge is 0.394 e. The zero-order chi connectivity index (χ0) is 39.2. The molecule has 13 heteroatoms. The Balaban J connectivity index is 2.51. The summed E-state index contributed by atoms with van der Waals surface area (Å²) in [6, 6.07) is -0.854. The van der Waals surface area contributed by atoms with Gasteiger partial charge in [0.15, 0.2) is 6.29 Å². The van der Waals surface area contributed by atoms with Crippen molar-refractivity contribution in [3.8, 4) is 0 Å². The summed E-state index contributed by atoms with van der Waals surface area (Å²) in [5.74, 6) is -0.237. The molecule has 1 aliphatic heterocycles. The van der Waals surface area contributed by atoms with E-state index < -0.39 is 59.9 Å². The van der Waals surface area contributed by atoms with E-state index in [1.54, 1.807) is 0 Å². The van der Waals surface area contributed by atoms with Gasteiger partial charge in [-0.1, -0.05) is 148 Å². The molecular formula is C40H77NO11S. The molecular weight excluding hydrogens is 703 g/mol. The molecule has 1 rings (SSSR count). The fourth-order valence-corrected chi connectivity index (χ4v) is 7.25. The molecule has 0 radical (unpaired) electrons. The molecule has 7 unspecified atom stereocenters. The average molecular weight is 780 g/mol. The first-order chi connectivity index (χ1) is 25.5. The third-order valence-corrected chi connectivity index (χ3v) is 10.5. The summed E-state index contributed by atoms with van der Waals surface area (Å²) in [4.78, 5) is 13.0. The first-order valence-corrected chi connectivity index (χ1v) is 22.4. The highest BCUT2D eigenvalue weighted by atomic mass is 32.3. The van der Waals surface area contributed by atoms with Crippen LogP contribution in [0, 0.1) is 0 Å². The Hall–Kier alpha value is -1.16. The van der Waals surface area contributed by atoms with E-state index in [1.165, 1.54) is 96.3 Å². The van der Waals surface area contributed by atoms with E-state index in [2.05, 4.69) is 35.5 Å². The van der Waals surface area contributed by atoms with Crippen LogP contribution < -0.4 is 5.32 Å². The van der Waals surface area contributed by atoms with Crippen molar-refractivity contribution in [3.05, 3.63) is 12.2 Å². The zero-order valence-corrected chi connectivity index (χ0v) is 33.9. The number of aliphatic hydroxyl groups excluding tert-OH is 4. The van der Waals surface area contributed by atoms with Crippen LogP contribution in [0.5, 0.6) is 0 Å². The molecule has 314 valence electrons. The number of nitrogens with one attached hydrogen (secondary N) is 1. The summed E-state index contributed by atoms with van der Waals surface area (Å²) < 4.78 is 47.4. The molecule has 0 spiro atoms. The van der Waals surface area contributed by atoms with Crippen molar-refractivity contribution in [2.75, 3.05) is 13.2 Å². The minimum absolute atomic E-state index is 0.237. The van der Waals surface area contributed by atoms with Crippen molar-refractivity contribution in [2.45, 2.75) is 224 Å². The number of amides is 1. The fourth-order valence-electron chi connectivity index (χ4n) is 6.75. The number of hydrogen-bond acceptors (Lipinski definition) is 10. The summed E-state index contributed by atoms with van der Waals surface area (Å²) in [5, 5.41) is 44.6. The van der Waals surface area contributed by atoms with E-state index >= 15 is 0 Å². The summed E-state index contributed by atoms with van der Waals surface area (Å²) in [5.41, 5.74) is 0. The second kappa shape index (κ2) is 32.0. The van der Waals surface area contributed by atoms with Crippen molar-refractivity contribution in [1.82, 2.24) is 5.32 Å². The molecule has 0 aliphatic carbocycles. The highest BCUT2D eigenvalue weighted by molar-refractivity contribution is 7.80. The van der Waals surface area contributed by atoms with E-state index in [4.69, 9.17) is 14.0 Å². The van der Waals surface area contributed by atoms with Crippen LogP contribution in [0.15, 0.2) is 12.2 Å². The van der Waals surface area contributed by atoms with E-state index in [1.807, 2.05) is 0 Å². The summed E-state index contributed by atoms with van der Waals surface area (Å²) in [7, 11) is -5.07. The van der Waals surface area contributed by atoms with Gasteiger partial charge >= 0.3 is 10.4 Å². The number of unbranched alkanes of at least 4 members (excludes halogenated alkanes) is 21. The number of ether oxygens (including phenoxy) is 2. The van der Waals surface area contributed by atoms with Crippen molar-refractivity contribution < 1.29 is 51.8 Å². The molecule has 12 nitrogen and oxygen atoms in total. The van der Waals surface area contributed by atoms with Crippen LogP contribution in [-0.2, 0) is 28.9 Å². The average Bonchev–Trinajstić information content (AvgIpc) is 3.12. The molecule has 1 amide bonds. The van der Waals surface area contributed by atoms with E-state index in [9.17, 15) is 33.6 Å². The molecule has 1 heterocycles. The van der Waals surface area contributed by atoms with Gasteiger partial charge in [-0.15, -0.1) is 0 Å². The van der Waals surface area contributed by atoms with Gasteiger partial charge in [0.1, 0.15) is 24.4 Å². The molecule has 0 saturated carbocycles. The topological polar surface area (TPSA) is 192 Å². The van der Waals surface area contributed by atoms with E-state index in [-0.39, 0.29) is 18.9 Å². The van der Waals surface area contributed by atoms with Crippen LogP contribution in [0.4, 0.5) is 0 Å². The lowest BCUT2D eigenvalue weighted by Gasteiger charge is -2.41. The highest BCUT2D eigenvalue weighted by Gasteiger charge is 2.48. The molecule has 0 bridgehead atoms. The molecule has 7 atom stereocenters. The summed E-state index contributed by atoms with van der Waals surface area (Å²) in [6.07, 6.45) is 23.7. The second-order valence-corrected chi connectivity index (χ2v) is 16.0. The molecule has 1 fully saturated rings. The molecule has 0 aromatic heterocycles. The van der Waals surface area contributed by atoms with Crippen LogP contribution in [0.2, 0.25) is 0 Å². The Labute approximate surface area is 321 Å². The molecule has 0 aromatic carbocycles. The molecule has 53 heavy (non-hydrogen) atoms. The third kappa shape index (κ3) is 25.6. The predicted molar refractivity (Wildman–Crippen MR) is 209 cm³/mol. The van der Waals surface area contributed by atoms with E-state index in [0.717, 1.165) is 51.4 Å². The van der Waals surface area contributed by atoms with Crippen molar-refractivity contribution in [1.29, 1.82) is 0 Å². The van der Waals surface area contributed by atoms with E-state index in [0.29, 0.717) is 12.8 Å². The zero-order valence-electron chi connectivity index (χ0n) is 33.1. The van der Waals surface area contributed by atoms with Gasteiger partial charge < -0.3 is 35.2 Å². The second-order valence-electron chi connectivity index (χ2n) is 14.9. The van der Waals surface area contributed by atoms with Crippen LogP contribution >= 0.6 is 0 Å². The van der Waals surface area contributed by atoms with Crippen molar-refractivity contribution in [2.24, 2.45) is 0 Å². The molecule has 6 N–H and O–H groups in total. The first-order valence-electron chi connectivity index (χ1n) is 21.1. The van der Waals surface area contributed by atoms with Gasteiger partial charge in [-0.3, -0.25) is 9.35 Å². The minimum atomic E-state index is -5.07. The maximum absolute atomic E-state index is 13.0. The van der Waals surface area contributed by atoms with Crippen LogP contribution in [0.1, 0.15) is 181 Å². The Bertz CT molecular complexity index is 1010. The Morgan fingerprint density at radius 2 is 1.21 bits per heavy atom. The SMILES string of the molecule is CCCCCCCC/C=C\CCCCCCCCCC(=O)NC(COC1OC(CO)C(O)C(OS(=O)(=O)O)C1O)C(O)CCCCCCCCCCC. The van der Waals surface area contributed by atoms with Gasteiger partial charge in [0.05, 0.1) is 25.4 Å². The Kier molecular flexibility index (Phi) is 30.1. The van der Waals surface area contributed by atoms with Gasteiger partial charge in [-0.05, 0) is 38.5 Å². The van der Waals surface area contributed by atoms with Gasteiger partial charge in [0, 0.05) is 6.42 Å². The lowest BCUT2D eigenvalue weighted by Crippen LogP contribution is -2.61. The van der Waals surface area contributed by atoms with Crippen molar-refractivity contribution >= 4 is 16.3 Å². The van der Waals surface area contributed by atoms with Gasteiger partial charge in [0.2, 0.25) is 5.91 Å². The number of carbonyl (C=O) groups excluding carboxylic acids is 1. The molecule has 0 aromatic rings. The third-order valence-electron chi connectivity index (χ3n) is 10.1. The number of rotatable bonds is 35. The Morgan fingerprint density at radius 3 is 1.70 bits per heavy atom. The maximum atomic E-state index is 13.0. The molecule has 1 aliphatic rings. The maximum Gasteiger partial charge on any atom is 0.397 e. The monoisotopic (exact) mass is 780 g/mol. The largest absolute Gasteiger partial charge is 0.397 e. The minimum Gasteiger partial charge on any atom is -0.394 e. The number of aliphatic hydroxyl groups is 4. The highest BCUT2D eigenvalue weighted by Crippen LogP contribution is 2.26. The van der Waals surface area contributed by atoms with Crippen LogP contribution in [0.25, 0.3) is 0 Å². The van der Waals surface area contributed by atoms with Crippen molar-refractivity contribution in [3.63, 3.8) is 0 Å². The first kappa shape index (κ1) is 49.9. The fraction of sp³-hybridized carbons (Fsp3) is 0.925. The van der Waals surface area contributed by atoms with Crippen LogP contribution in [-0.4, -0.2) is 95.4 Å². The summed E-state index contributed by atoms with van der Waals surface area (Å²) >= 11 is 0. The predicted octanol–water partition coefficient (Wildman–Crippen LogP) is 7.21. The lowest BCUT2D eigenvalue weighted by atomic mass is 9.99.